The van der Waals surface area contributed by atoms with Crippen molar-refractivity contribution in [1.29, 1.82) is 5.26 Å². The molecule has 2 N–H and O–H groups in total. The third kappa shape index (κ3) is 6.01. The molecule has 36 heavy (non-hydrogen) atoms. The molecule has 1 unspecified atom stereocenters. The molecule has 2 atom stereocenters. The molecule has 8 heteroatoms. The maximum absolute atomic E-state index is 14.4. The van der Waals surface area contributed by atoms with Crippen molar-refractivity contribution in [2.75, 3.05) is 18.4 Å². The van der Waals surface area contributed by atoms with Crippen molar-refractivity contribution in [1.82, 2.24) is 20.1 Å². The van der Waals surface area contributed by atoms with Gasteiger partial charge in [0.1, 0.15) is 11.6 Å². The summed E-state index contributed by atoms with van der Waals surface area (Å²) in [4.78, 5) is 17.6. The monoisotopic (exact) mass is 482 g/mol. The van der Waals surface area contributed by atoms with Crippen molar-refractivity contribution >= 4 is 11.7 Å². The number of nitrogens with one attached hydrogen (secondary N) is 2. The predicted octanol–water partition coefficient (Wildman–Crippen LogP) is 4.61. The lowest BCUT2D eigenvalue weighted by molar-refractivity contribution is -0.117. The normalized spacial score (nSPS) is 12.5. The smallest absolute Gasteiger partial charge is 0.234 e. The molecule has 0 aliphatic rings. The first-order valence-corrected chi connectivity index (χ1v) is 11.7. The highest BCUT2D eigenvalue weighted by Crippen LogP contribution is 2.22. The fourth-order valence-electron chi connectivity index (χ4n) is 4.02. The van der Waals surface area contributed by atoms with Crippen LogP contribution >= 0.6 is 0 Å². The molecule has 0 saturated carbocycles. The van der Waals surface area contributed by atoms with E-state index in [9.17, 15) is 9.18 Å². The molecule has 1 amide bonds. The van der Waals surface area contributed by atoms with Crippen LogP contribution in [0.15, 0.2) is 79.3 Å². The van der Waals surface area contributed by atoms with Crippen LogP contribution in [-0.4, -0.2) is 33.8 Å². The van der Waals surface area contributed by atoms with E-state index in [1.165, 1.54) is 6.07 Å². The van der Waals surface area contributed by atoms with Gasteiger partial charge in [-0.15, -0.1) is 0 Å². The zero-order valence-electron chi connectivity index (χ0n) is 20.1. The van der Waals surface area contributed by atoms with Gasteiger partial charge < -0.3 is 10.6 Å². The SMILES string of the molecule is C[C@@H](CNCC(C(=O)Nc1ccc(-c2cnn(C)c2)cn1)c1ccccc1)c1ccc(C#N)cc1F. The van der Waals surface area contributed by atoms with Gasteiger partial charge in [0.25, 0.3) is 0 Å². The number of amides is 1. The minimum Gasteiger partial charge on any atom is -0.315 e. The Morgan fingerprint density at radius 3 is 2.53 bits per heavy atom. The van der Waals surface area contributed by atoms with Gasteiger partial charge in [-0.2, -0.15) is 10.4 Å². The molecule has 2 aromatic carbocycles. The number of carbonyl (C=O) groups is 1. The van der Waals surface area contributed by atoms with Gasteiger partial charge in [-0.3, -0.25) is 9.48 Å². The number of benzene rings is 2. The highest BCUT2D eigenvalue weighted by molar-refractivity contribution is 5.95. The maximum Gasteiger partial charge on any atom is 0.234 e. The van der Waals surface area contributed by atoms with E-state index >= 15 is 0 Å². The number of pyridine rings is 1. The molecule has 4 rings (SSSR count). The van der Waals surface area contributed by atoms with Crippen molar-refractivity contribution in [3.05, 3.63) is 102 Å². The Kier molecular flexibility index (Phi) is 7.83. The van der Waals surface area contributed by atoms with Crippen molar-refractivity contribution in [2.24, 2.45) is 7.05 Å². The predicted molar refractivity (Wildman–Crippen MR) is 137 cm³/mol. The summed E-state index contributed by atoms with van der Waals surface area (Å²) in [7, 11) is 1.85. The lowest BCUT2D eigenvalue weighted by atomic mass is 9.96. The molecule has 0 spiro atoms. The van der Waals surface area contributed by atoms with Crippen molar-refractivity contribution in [3.63, 3.8) is 0 Å². The summed E-state index contributed by atoms with van der Waals surface area (Å²) in [5.41, 5.74) is 3.54. The first-order chi connectivity index (χ1) is 17.4. The zero-order chi connectivity index (χ0) is 25.5. The molecule has 182 valence electrons. The minimum absolute atomic E-state index is 0.140. The molecule has 0 bridgehead atoms. The zero-order valence-corrected chi connectivity index (χ0v) is 20.1. The lowest BCUT2D eigenvalue weighted by Gasteiger charge is -2.20. The van der Waals surface area contributed by atoms with Gasteiger partial charge in [-0.05, 0) is 41.3 Å². The Morgan fingerprint density at radius 1 is 1.08 bits per heavy atom. The van der Waals surface area contributed by atoms with Crippen LogP contribution in [0.3, 0.4) is 0 Å². The topological polar surface area (TPSA) is 95.6 Å². The Bertz CT molecular complexity index is 1360. The summed E-state index contributed by atoms with van der Waals surface area (Å²) in [6, 6.07) is 19.6. The number of hydrogen-bond donors (Lipinski definition) is 2. The molecular weight excluding hydrogens is 455 g/mol. The van der Waals surface area contributed by atoms with Crippen LogP contribution in [0.5, 0.6) is 0 Å². The molecular formula is C28H27FN6O. The van der Waals surface area contributed by atoms with E-state index in [-0.39, 0.29) is 11.8 Å². The third-order valence-corrected chi connectivity index (χ3v) is 6.03. The Hall–Kier alpha value is -4.35. The van der Waals surface area contributed by atoms with Crippen LogP contribution < -0.4 is 10.6 Å². The summed E-state index contributed by atoms with van der Waals surface area (Å²) >= 11 is 0. The standard InChI is InChI=1S/C28H27FN6O/c1-19(24-10-8-20(13-30)12-26(24)29)14-31-17-25(21-6-4-3-5-7-21)28(36)34-27-11-9-22(15-32-27)23-16-33-35(2)18-23/h3-12,15-16,18-19,25,31H,14,17H2,1-2H3,(H,32,34,36)/t19-,25?/m0/s1. The molecule has 0 aliphatic heterocycles. The van der Waals surface area contributed by atoms with Gasteiger partial charge in [-0.25, -0.2) is 9.37 Å². The third-order valence-electron chi connectivity index (χ3n) is 6.03. The first kappa shape index (κ1) is 24.8. The molecule has 4 aromatic rings. The number of aromatic nitrogens is 3. The number of aryl methyl sites for hydroxylation is 1. The van der Waals surface area contributed by atoms with Crippen LogP contribution in [0.1, 0.15) is 35.4 Å². The van der Waals surface area contributed by atoms with E-state index in [0.717, 1.165) is 16.7 Å². The summed E-state index contributed by atoms with van der Waals surface area (Å²) in [6.45, 7) is 2.74. The maximum atomic E-state index is 14.4. The average molecular weight is 483 g/mol. The van der Waals surface area contributed by atoms with Gasteiger partial charge >= 0.3 is 0 Å². The second-order valence-electron chi connectivity index (χ2n) is 8.69. The fourth-order valence-corrected chi connectivity index (χ4v) is 4.02. The highest BCUT2D eigenvalue weighted by Gasteiger charge is 2.22. The number of rotatable bonds is 9. The van der Waals surface area contributed by atoms with E-state index in [1.54, 1.807) is 35.3 Å². The van der Waals surface area contributed by atoms with Crippen LogP contribution in [0, 0.1) is 17.1 Å². The van der Waals surface area contributed by atoms with Crippen molar-refractivity contribution in [2.45, 2.75) is 18.8 Å². The summed E-state index contributed by atoms with van der Waals surface area (Å²) in [5.74, 6) is -0.737. The summed E-state index contributed by atoms with van der Waals surface area (Å²) in [6.07, 6.45) is 5.37. The largest absolute Gasteiger partial charge is 0.315 e. The minimum atomic E-state index is -0.469. The van der Waals surface area contributed by atoms with E-state index in [4.69, 9.17) is 5.26 Å². The average Bonchev–Trinajstić information content (AvgIpc) is 3.33. The molecule has 2 aromatic heterocycles. The molecule has 0 aliphatic carbocycles. The van der Waals surface area contributed by atoms with E-state index in [1.807, 2.05) is 62.6 Å². The first-order valence-electron chi connectivity index (χ1n) is 11.7. The van der Waals surface area contributed by atoms with Crippen LogP contribution in [-0.2, 0) is 11.8 Å². The van der Waals surface area contributed by atoms with Crippen molar-refractivity contribution < 1.29 is 9.18 Å². The lowest BCUT2D eigenvalue weighted by Crippen LogP contribution is -2.33. The van der Waals surface area contributed by atoms with Crippen molar-refractivity contribution in [3.8, 4) is 17.2 Å². The van der Waals surface area contributed by atoms with E-state index in [2.05, 4.69) is 20.7 Å². The molecule has 2 heterocycles. The summed E-state index contributed by atoms with van der Waals surface area (Å²) in [5, 5.41) is 19.4. The molecule has 0 fully saturated rings. The Morgan fingerprint density at radius 2 is 1.89 bits per heavy atom. The number of anilines is 1. The van der Waals surface area contributed by atoms with Gasteiger partial charge in [0.2, 0.25) is 5.91 Å². The van der Waals surface area contributed by atoms with Crippen LogP contribution in [0.2, 0.25) is 0 Å². The number of hydrogen-bond acceptors (Lipinski definition) is 5. The number of carbonyl (C=O) groups excluding carboxylic acids is 1. The summed E-state index contributed by atoms with van der Waals surface area (Å²) < 4.78 is 16.1. The number of nitrogens with zero attached hydrogens (tertiary/aromatic N) is 4. The van der Waals surface area contributed by atoms with Gasteiger partial charge in [0, 0.05) is 43.7 Å². The van der Waals surface area contributed by atoms with Gasteiger partial charge in [-0.1, -0.05) is 43.3 Å². The number of halogens is 1. The fraction of sp³-hybridized carbons (Fsp3) is 0.214. The van der Waals surface area contributed by atoms with Crippen LogP contribution in [0.25, 0.3) is 11.1 Å². The Balaban J connectivity index is 1.42. The van der Waals surface area contributed by atoms with E-state index in [0.29, 0.717) is 30.0 Å². The molecule has 7 nitrogen and oxygen atoms in total. The van der Waals surface area contributed by atoms with E-state index < -0.39 is 11.7 Å². The quantitative estimate of drug-likeness (QED) is 0.363. The molecule has 0 saturated heterocycles. The second-order valence-corrected chi connectivity index (χ2v) is 8.69. The Labute approximate surface area is 209 Å². The molecule has 0 radical (unpaired) electrons. The van der Waals surface area contributed by atoms with Gasteiger partial charge in [0.05, 0.1) is 23.7 Å². The van der Waals surface area contributed by atoms with Crippen LogP contribution in [0.4, 0.5) is 10.2 Å². The highest BCUT2D eigenvalue weighted by atomic mass is 19.1. The number of nitriles is 1. The van der Waals surface area contributed by atoms with Gasteiger partial charge in [0.15, 0.2) is 0 Å². The second kappa shape index (κ2) is 11.4.